The first-order valence-corrected chi connectivity index (χ1v) is 9.16. The van der Waals surface area contributed by atoms with Crippen LogP contribution in [0.15, 0.2) is 60.9 Å². The van der Waals surface area contributed by atoms with Crippen molar-refractivity contribution < 1.29 is 9.53 Å². The minimum Gasteiger partial charge on any atom is -0.496 e. The number of methoxy groups -OCH3 is 1. The SMILES string of the molecule is COc1ccccc1CNc1cc(C(=O)Nc2ccc(C(C)C)cc2)ncn1. The minimum atomic E-state index is -0.278. The molecule has 28 heavy (non-hydrogen) atoms. The molecule has 3 aromatic rings. The molecule has 0 spiro atoms. The molecule has 1 aromatic heterocycles. The first-order valence-electron chi connectivity index (χ1n) is 9.16. The zero-order valence-electron chi connectivity index (χ0n) is 16.3. The van der Waals surface area contributed by atoms with Gasteiger partial charge in [-0.3, -0.25) is 4.79 Å². The highest BCUT2D eigenvalue weighted by molar-refractivity contribution is 6.03. The van der Waals surface area contributed by atoms with Crippen LogP contribution >= 0.6 is 0 Å². The van der Waals surface area contributed by atoms with Crippen LogP contribution in [0, 0.1) is 0 Å². The molecule has 0 radical (unpaired) electrons. The Morgan fingerprint density at radius 2 is 1.82 bits per heavy atom. The zero-order valence-corrected chi connectivity index (χ0v) is 16.3. The summed E-state index contributed by atoms with van der Waals surface area (Å²) in [5.41, 5.74) is 3.25. The fourth-order valence-electron chi connectivity index (χ4n) is 2.76. The number of nitrogens with one attached hydrogen (secondary N) is 2. The Hall–Kier alpha value is -3.41. The monoisotopic (exact) mass is 376 g/mol. The second kappa shape index (κ2) is 8.99. The lowest BCUT2D eigenvalue weighted by Gasteiger charge is -2.11. The molecule has 0 aliphatic rings. The summed E-state index contributed by atoms with van der Waals surface area (Å²) in [4.78, 5) is 20.8. The second-order valence-corrected chi connectivity index (χ2v) is 6.68. The third-order valence-electron chi connectivity index (χ3n) is 4.39. The summed E-state index contributed by atoms with van der Waals surface area (Å²) >= 11 is 0. The van der Waals surface area contributed by atoms with E-state index in [2.05, 4.69) is 34.4 Å². The molecule has 0 aliphatic heterocycles. The quantitative estimate of drug-likeness (QED) is 0.636. The summed E-state index contributed by atoms with van der Waals surface area (Å²) < 4.78 is 5.35. The summed E-state index contributed by atoms with van der Waals surface area (Å²) in [6, 6.07) is 17.2. The minimum absolute atomic E-state index is 0.278. The summed E-state index contributed by atoms with van der Waals surface area (Å²) in [6.07, 6.45) is 1.38. The summed E-state index contributed by atoms with van der Waals surface area (Å²) in [7, 11) is 1.64. The molecule has 0 saturated carbocycles. The van der Waals surface area contributed by atoms with Crippen molar-refractivity contribution in [3.63, 3.8) is 0 Å². The van der Waals surface area contributed by atoms with Crippen molar-refractivity contribution in [1.82, 2.24) is 9.97 Å². The van der Waals surface area contributed by atoms with Gasteiger partial charge in [0.25, 0.3) is 5.91 Å². The fourth-order valence-corrected chi connectivity index (χ4v) is 2.76. The molecule has 0 saturated heterocycles. The number of rotatable bonds is 7. The van der Waals surface area contributed by atoms with Crippen molar-refractivity contribution in [1.29, 1.82) is 0 Å². The van der Waals surface area contributed by atoms with Crippen LogP contribution in [0.1, 0.15) is 41.4 Å². The van der Waals surface area contributed by atoms with Gasteiger partial charge in [-0.2, -0.15) is 0 Å². The predicted octanol–water partition coefficient (Wildman–Crippen LogP) is 4.47. The number of ether oxygens (including phenoxy) is 1. The van der Waals surface area contributed by atoms with Crippen LogP contribution in [0.2, 0.25) is 0 Å². The Bertz CT molecular complexity index is 939. The van der Waals surface area contributed by atoms with E-state index in [0.717, 1.165) is 17.0 Å². The van der Waals surface area contributed by atoms with Gasteiger partial charge in [0.1, 0.15) is 23.6 Å². The number of para-hydroxylation sites is 1. The summed E-state index contributed by atoms with van der Waals surface area (Å²) in [5.74, 6) is 1.54. The van der Waals surface area contributed by atoms with Crippen molar-refractivity contribution in [2.75, 3.05) is 17.7 Å². The van der Waals surface area contributed by atoms with Crippen LogP contribution in [0.3, 0.4) is 0 Å². The zero-order chi connectivity index (χ0) is 19.9. The van der Waals surface area contributed by atoms with Gasteiger partial charge in [0.2, 0.25) is 0 Å². The molecule has 0 aliphatic carbocycles. The van der Waals surface area contributed by atoms with Crippen LogP contribution < -0.4 is 15.4 Å². The molecule has 0 unspecified atom stereocenters. The van der Waals surface area contributed by atoms with E-state index in [4.69, 9.17) is 4.74 Å². The van der Waals surface area contributed by atoms with Gasteiger partial charge < -0.3 is 15.4 Å². The lowest BCUT2D eigenvalue weighted by atomic mass is 10.0. The molecule has 3 rings (SSSR count). The standard InChI is InChI=1S/C22H24N4O2/c1-15(2)16-8-10-18(11-9-16)26-22(27)19-12-21(25-14-24-19)23-13-17-6-4-5-7-20(17)28-3/h4-12,14-15H,13H2,1-3H3,(H,26,27)(H,23,24,25). The Labute approximate surface area is 165 Å². The van der Waals surface area contributed by atoms with Crippen LogP contribution in [0.4, 0.5) is 11.5 Å². The number of anilines is 2. The maximum absolute atomic E-state index is 12.5. The molecule has 2 aromatic carbocycles. The fraction of sp³-hybridized carbons (Fsp3) is 0.227. The molecular weight excluding hydrogens is 352 g/mol. The first-order chi connectivity index (χ1) is 13.6. The first kappa shape index (κ1) is 19.4. The van der Waals surface area contributed by atoms with Gasteiger partial charge in [-0.25, -0.2) is 9.97 Å². The van der Waals surface area contributed by atoms with Gasteiger partial charge in [0.05, 0.1) is 7.11 Å². The molecule has 144 valence electrons. The maximum atomic E-state index is 12.5. The highest BCUT2D eigenvalue weighted by atomic mass is 16.5. The van der Waals surface area contributed by atoms with E-state index in [0.29, 0.717) is 24.0 Å². The maximum Gasteiger partial charge on any atom is 0.274 e. The topological polar surface area (TPSA) is 76.1 Å². The second-order valence-electron chi connectivity index (χ2n) is 6.68. The smallest absolute Gasteiger partial charge is 0.274 e. The van der Waals surface area contributed by atoms with Gasteiger partial charge in [-0.15, -0.1) is 0 Å². The average molecular weight is 376 g/mol. The largest absolute Gasteiger partial charge is 0.496 e. The highest BCUT2D eigenvalue weighted by Gasteiger charge is 2.10. The molecule has 1 amide bonds. The van der Waals surface area contributed by atoms with Crippen molar-refractivity contribution in [2.45, 2.75) is 26.3 Å². The number of aromatic nitrogens is 2. The van der Waals surface area contributed by atoms with E-state index in [-0.39, 0.29) is 5.91 Å². The number of amides is 1. The average Bonchev–Trinajstić information content (AvgIpc) is 2.73. The summed E-state index contributed by atoms with van der Waals surface area (Å²) in [5, 5.41) is 6.07. The van der Waals surface area contributed by atoms with Gasteiger partial charge in [0, 0.05) is 23.9 Å². The van der Waals surface area contributed by atoms with Gasteiger partial charge >= 0.3 is 0 Å². The van der Waals surface area contributed by atoms with Crippen LogP contribution in [0.25, 0.3) is 0 Å². The molecule has 6 heteroatoms. The number of carbonyl (C=O) groups is 1. The van der Waals surface area contributed by atoms with E-state index < -0.39 is 0 Å². The van der Waals surface area contributed by atoms with Crippen molar-refractivity contribution in [2.24, 2.45) is 0 Å². The molecule has 2 N–H and O–H groups in total. The number of carbonyl (C=O) groups excluding carboxylic acids is 1. The molecule has 1 heterocycles. The third kappa shape index (κ3) is 4.85. The third-order valence-corrected chi connectivity index (χ3v) is 4.39. The normalized spacial score (nSPS) is 10.6. The summed E-state index contributed by atoms with van der Waals surface area (Å²) in [6.45, 7) is 4.79. The molecule has 6 nitrogen and oxygen atoms in total. The van der Waals surface area contributed by atoms with E-state index in [1.807, 2.05) is 48.5 Å². The Kier molecular flexibility index (Phi) is 6.22. The number of hydrogen-bond acceptors (Lipinski definition) is 5. The van der Waals surface area contributed by atoms with E-state index in [9.17, 15) is 4.79 Å². The van der Waals surface area contributed by atoms with Crippen LogP contribution in [0.5, 0.6) is 5.75 Å². The van der Waals surface area contributed by atoms with Crippen molar-refractivity contribution >= 4 is 17.4 Å². The van der Waals surface area contributed by atoms with Gasteiger partial charge in [-0.1, -0.05) is 44.2 Å². The molecule has 0 atom stereocenters. The molecular formula is C22H24N4O2. The lowest BCUT2D eigenvalue weighted by Crippen LogP contribution is -2.14. The van der Waals surface area contributed by atoms with Crippen LogP contribution in [-0.4, -0.2) is 23.0 Å². The Balaban J connectivity index is 1.66. The van der Waals surface area contributed by atoms with E-state index >= 15 is 0 Å². The van der Waals surface area contributed by atoms with Gasteiger partial charge in [0.15, 0.2) is 0 Å². The Morgan fingerprint density at radius 3 is 2.54 bits per heavy atom. The van der Waals surface area contributed by atoms with Gasteiger partial charge in [-0.05, 0) is 29.7 Å². The number of hydrogen-bond donors (Lipinski definition) is 2. The molecule has 0 bridgehead atoms. The van der Waals surface area contributed by atoms with E-state index in [1.54, 1.807) is 13.2 Å². The molecule has 0 fully saturated rings. The van der Waals surface area contributed by atoms with Crippen LogP contribution in [-0.2, 0) is 6.54 Å². The Morgan fingerprint density at radius 1 is 1.07 bits per heavy atom. The number of nitrogens with zero attached hydrogens (tertiary/aromatic N) is 2. The van der Waals surface area contributed by atoms with E-state index in [1.165, 1.54) is 11.9 Å². The van der Waals surface area contributed by atoms with Crippen molar-refractivity contribution in [3.05, 3.63) is 77.7 Å². The predicted molar refractivity (Wildman–Crippen MR) is 111 cm³/mol. The highest BCUT2D eigenvalue weighted by Crippen LogP contribution is 2.19. The number of benzene rings is 2. The van der Waals surface area contributed by atoms with Crippen molar-refractivity contribution in [3.8, 4) is 5.75 Å². The lowest BCUT2D eigenvalue weighted by molar-refractivity contribution is 0.102.